The number of aromatic nitrogens is 3. The smallest absolute Gasteiger partial charge is 0.145 e. The van der Waals surface area contributed by atoms with Gasteiger partial charge in [0.15, 0.2) is 0 Å². The second kappa shape index (κ2) is 8.07. The highest BCUT2D eigenvalue weighted by Crippen LogP contribution is 2.31. The van der Waals surface area contributed by atoms with E-state index < -0.39 is 6.17 Å². The summed E-state index contributed by atoms with van der Waals surface area (Å²) in [5.74, 6) is 1.10. The van der Waals surface area contributed by atoms with Crippen LogP contribution in [0.2, 0.25) is 0 Å². The van der Waals surface area contributed by atoms with Gasteiger partial charge in [-0.2, -0.15) is 0 Å². The second-order valence-electron chi connectivity index (χ2n) is 8.20. The Morgan fingerprint density at radius 2 is 2.03 bits per heavy atom. The summed E-state index contributed by atoms with van der Waals surface area (Å²) in [6, 6.07) is 7.74. The van der Waals surface area contributed by atoms with Gasteiger partial charge < -0.3 is 10.6 Å². The zero-order chi connectivity index (χ0) is 20.5. The van der Waals surface area contributed by atoms with Crippen LogP contribution in [0, 0.1) is 5.92 Å². The summed E-state index contributed by atoms with van der Waals surface area (Å²) in [5.41, 5.74) is 2.45. The fraction of sp³-hybridized carbons (Fsp3) is 0.391. The van der Waals surface area contributed by atoms with Crippen molar-refractivity contribution in [3.05, 3.63) is 48.5 Å². The summed E-state index contributed by atoms with van der Waals surface area (Å²) in [4.78, 5) is 25.5. The largest absolute Gasteiger partial charge is 0.363 e. The van der Waals surface area contributed by atoms with Crippen LogP contribution in [0.4, 0.5) is 10.2 Å². The molecule has 1 aromatic carbocycles. The van der Waals surface area contributed by atoms with E-state index in [1.807, 2.05) is 30.5 Å². The maximum Gasteiger partial charge on any atom is 0.145 e. The van der Waals surface area contributed by atoms with Crippen LogP contribution in [0.1, 0.15) is 25.0 Å². The minimum atomic E-state index is -0.950. The number of benzene rings is 1. The molecular weight excluding hydrogens is 381 g/mol. The van der Waals surface area contributed by atoms with Gasteiger partial charge in [-0.3, -0.25) is 14.8 Å². The number of ketones is 1. The average molecular weight is 405 g/mol. The molecule has 2 N–H and O–H groups in total. The quantitative estimate of drug-likeness (QED) is 0.655. The number of alkyl halides is 1. The highest BCUT2D eigenvalue weighted by Gasteiger charge is 2.29. The van der Waals surface area contributed by atoms with Crippen molar-refractivity contribution in [2.45, 2.75) is 37.9 Å². The number of hydrogen-bond acceptors (Lipinski definition) is 6. The number of rotatable bonds is 6. The van der Waals surface area contributed by atoms with Gasteiger partial charge in [0.25, 0.3) is 0 Å². The third kappa shape index (κ3) is 4.16. The zero-order valence-electron chi connectivity index (χ0n) is 16.6. The minimum absolute atomic E-state index is 0.239. The molecule has 1 aliphatic carbocycles. The first-order valence-electron chi connectivity index (χ1n) is 10.5. The van der Waals surface area contributed by atoms with Gasteiger partial charge in [-0.1, -0.05) is 12.1 Å². The SMILES string of the molecule is O=C(Cc1cc2cc(-c3cncc(NC4CCNC[C@@H]4F)n3)ccc2cn1)C1CC1. The van der Waals surface area contributed by atoms with Crippen molar-refractivity contribution in [3.8, 4) is 11.3 Å². The van der Waals surface area contributed by atoms with Gasteiger partial charge in [-0.15, -0.1) is 0 Å². The van der Waals surface area contributed by atoms with E-state index in [9.17, 15) is 9.18 Å². The van der Waals surface area contributed by atoms with Crippen LogP contribution in [0.15, 0.2) is 42.9 Å². The van der Waals surface area contributed by atoms with E-state index in [0.717, 1.165) is 47.1 Å². The number of Topliss-reactive ketones (excluding diaryl/α,β-unsaturated/α-hetero) is 1. The molecule has 0 spiro atoms. The van der Waals surface area contributed by atoms with E-state index in [2.05, 4.69) is 25.6 Å². The van der Waals surface area contributed by atoms with E-state index in [0.29, 0.717) is 25.2 Å². The summed E-state index contributed by atoms with van der Waals surface area (Å²) in [6.45, 7) is 1.14. The van der Waals surface area contributed by atoms with Crippen molar-refractivity contribution >= 4 is 22.4 Å². The summed E-state index contributed by atoms with van der Waals surface area (Å²) in [6.07, 6.45) is 7.33. The third-order valence-electron chi connectivity index (χ3n) is 5.84. The summed E-state index contributed by atoms with van der Waals surface area (Å²) >= 11 is 0. The number of nitrogens with zero attached hydrogens (tertiary/aromatic N) is 3. The zero-order valence-corrected chi connectivity index (χ0v) is 16.6. The van der Waals surface area contributed by atoms with Gasteiger partial charge in [-0.25, -0.2) is 9.37 Å². The first-order valence-corrected chi connectivity index (χ1v) is 10.5. The molecule has 1 saturated carbocycles. The highest BCUT2D eigenvalue weighted by atomic mass is 19.1. The molecule has 2 aromatic heterocycles. The number of carbonyl (C=O) groups excluding carboxylic acids is 1. The first kappa shape index (κ1) is 19.1. The van der Waals surface area contributed by atoms with Crippen molar-refractivity contribution in [1.29, 1.82) is 0 Å². The lowest BCUT2D eigenvalue weighted by molar-refractivity contribution is -0.119. The number of fused-ring (bicyclic) bond motifs is 1. The van der Waals surface area contributed by atoms with Crippen molar-refractivity contribution in [3.63, 3.8) is 0 Å². The number of nitrogens with one attached hydrogen (secondary N) is 2. The fourth-order valence-corrected chi connectivity index (χ4v) is 3.92. The summed E-state index contributed by atoms with van der Waals surface area (Å²) < 4.78 is 14.1. The van der Waals surface area contributed by atoms with Crippen molar-refractivity contribution in [2.75, 3.05) is 18.4 Å². The lowest BCUT2D eigenvalue weighted by Crippen LogP contribution is -2.45. The third-order valence-corrected chi connectivity index (χ3v) is 5.84. The van der Waals surface area contributed by atoms with Crippen molar-refractivity contribution < 1.29 is 9.18 Å². The lowest BCUT2D eigenvalue weighted by Gasteiger charge is -2.27. The molecule has 1 aliphatic heterocycles. The maximum atomic E-state index is 14.1. The molecule has 0 amide bonds. The molecule has 0 radical (unpaired) electrons. The number of carbonyl (C=O) groups is 1. The van der Waals surface area contributed by atoms with E-state index in [1.54, 1.807) is 12.4 Å². The first-order chi connectivity index (χ1) is 14.7. The van der Waals surface area contributed by atoms with Crippen LogP contribution in [0.3, 0.4) is 0 Å². The number of halogens is 1. The Morgan fingerprint density at radius 1 is 1.13 bits per heavy atom. The maximum absolute atomic E-state index is 14.1. The molecule has 2 fully saturated rings. The van der Waals surface area contributed by atoms with Crippen LogP contribution in [-0.4, -0.2) is 46.0 Å². The van der Waals surface area contributed by atoms with E-state index in [-0.39, 0.29) is 17.7 Å². The van der Waals surface area contributed by atoms with Crippen LogP contribution in [0.5, 0.6) is 0 Å². The Bertz CT molecular complexity index is 1080. The Labute approximate surface area is 174 Å². The Balaban J connectivity index is 1.38. The summed E-state index contributed by atoms with van der Waals surface area (Å²) in [5, 5.41) is 8.27. The molecule has 0 bridgehead atoms. The standard InChI is InChI=1S/C23H24FN5O/c24-19-11-25-6-5-20(19)28-23-13-26-12-21(29-23)15-3-4-16-10-27-18(8-17(16)7-15)9-22(30)14-1-2-14/h3-4,7-8,10,12-14,19-20,25H,1-2,5-6,9,11H2,(H,28,29)/t19-,20?/m0/s1. The molecule has 1 saturated heterocycles. The summed E-state index contributed by atoms with van der Waals surface area (Å²) in [7, 11) is 0. The predicted molar refractivity (Wildman–Crippen MR) is 114 cm³/mol. The molecule has 30 heavy (non-hydrogen) atoms. The number of pyridine rings is 1. The molecule has 2 aliphatic rings. The predicted octanol–water partition coefficient (Wildman–Crippen LogP) is 3.33. The van der Waals surface area contributed by atoms with Crippen LogP contribution in [0.25, 0.3) is 22.0 Å². The molecule has 2 atom stereocenters. The molecule has 154 valence electrons. The van der Waals surface area contributed by atoms with E-state index in [1.165, 1.54) is 0 Å². The fourth-order valence-electron chi connectivity index (χ4n) is 3.92. The van der Waals surface area contributed by atoms with Crippen LogP contribution >= 0.6 is 0 Å². The number of anilines is 1. The normalized spacial score (nSPS) is 21.5. The Kier molecular flexibility index (Phi) is 5.12. The number of hydrogen-bond donors (Lipinski definition) is 2. The van der Waals surface area contributed by atoms with Crippen LogP contribution < -0.4 is 10.6 Å². The van der Waals surface area contributed by atoms with E-state index >= 15 is 0 Å². The van der Waals surface area contributed by atoms with Gasteiger partial charge in [-0.05, 0) is 43.3 Å². The van der Waals surface area contributed by atoms with E-state index in [4.69, 9.17) is 0 Å². The molecule has 3 aromatic rings. The van der Waals surface area contributed by atoms with Gasteiger partial charge in [0.1, 0.15) is 17.8 Å². The van der Waals surface area contributed by atoms with Crippen molar-refractivity contribution in [2.24, 2.45) is 5.92 Å². The second-order valence-corrected chi connectivity index (χ2v) is 8.20. The van der Waals surface area contributed by atoms with Gasteiger partial charge in [0, 0.05) is 41.7 Å². The average Bonchev–Trinajstić information content (AvgIpc) is 3.61. The molecular formula is C23H24FN5O. The molecule has 6 nitrogen and oxygen atoms in total. The molecule has 1 unspecified atom stereocenters. The van der Waals surface area contributed by atoms with Gasteiger partial charge in [0.05, 0.1) is 24.1 Å². The van der Waals surface area contributed by atoms with Crippen molar-refractivity contribution in [1.82, 2.24) is 20.3 Å². The molecule has 7 heteroatoms. The van der Waals surface area contributed by atoms with Gasteiger partial charge in [0.2, 0.25) is 0 Å². The van der Waals surface area contributed by atoms with Crippen LogP contribution in [-0.2, 0) is 11.2 Å². The monoisotopic (exact) mass is 405 g/mol. The number of piperidine rings is 1. The topological polar surface area (TPSA) is 79.8 Å². The molecule has 3 heterocycles. The lowest BCUT2D eigenvalue weighted by atomic mass is 10.0. The highest BCUT2D eigenvalue weighted by molar-refractivity contribution is 5.89. The Hall–Kier alpha value is -2.93. The minimum Gasteiger partial charge on any atom is -0.363 e. The molecule has 5 rings (SSSR count). The Morgan fingerprint density at radius 3 is 2.87 bits per heavy atom. The van der Waals surface area contributed by atoms with Gasteiger partial charge >= 0.3 is 0 Å².